The third-order valence-corrected chi connectivity index (χ3v) is 7.44. The van der Waals surface area contributed by atoms with Crippen LogP contribution in [0.3, 0.4) is 0 Å². The normalized spacial score (nSPS) is 20.4. The van der Waals surface area contributed by atoms with E-state index in [9.17, 15) is 14.4 Å². The Morgan fingerprint density at radius 1 is 0.900 bits per heavy atom. The van der Waals surface area contributed by atoms with Gasteiger partial charge in [0.1, 0.15) is 18.4 Å². The molecule has 2 aromatic carbocycles. The lowest BCUT2D eigenvalue weighted by Crippen LogP contribution is -2.47. The Hall–Kier alpha value is -3.71. The molecule has 4 rings (SSSR count). The molecule has 0 aliphatic carbocycles. The van der Waals surface area contributed by atoms with E-state index in [0.29, 0.717) is 5.76 Å². The van der Waals surface area contributed by atoms with Crippen LogP contribution >= 0.6 is 0 Å². The zero-order valence-corrected chi connectivity index (χ0v) is 23.0. The fourth-order valence-corrected chi connectivity index (χ4v) is 5.24. The summed E-state index contributed by atoms with van der Waals surface area (Å²) in [4.78, 5) is 41.1. The largest absolute Gasteiger partial charge is 0.482 e. The minimum absolute atomic E-state index is 0.0681. The number of rotatable bonds is 14. The van der Waals surface area contributed by atoms with Gasteiger partial charge in [0.25, 0.3) is 0 Å². The molecule has 2 aromatic rings. The molecule has 0 spiro atoms. The summed E-state index contributed by atoms with van der Waals surface area (Å²) in [5.74, 6) is -1.10. The van der Waals surface area contributed by atoms with Gasteiger partial charge in [0.05, 0.1) is 5.92 Å². The highest BCUT2D eigenvalue weighted by atomic mass is 16.6. The first-order valence-corrected chi connectivity index (χ1v) is 14.4. The van der Waals surface area contributed by atoms with Crippen molar-refractivity contribution >= 4 is 17.8 Å². The van der Waals surface area contributed by atoms with Gasteiger partial charge in [0.2, 0.25) is 5.91 Å². The molecule has 0 aromatic heterocycles. The first kappa shape index (κ1) is 29.3. The highest BCUT2D eigenvalue weighted by Crippen LogP contribution is 2.33. The number of imide groups is 1. The third kappa shape index (κ3) is 7.92. The van der Waals surface area contributed by atoms with Crippen LogP contribution in [-0.2, 0) is 25.5 Å². The quantitative estimate of drug-likeness (QED) is 0.289. The number of benzene rings is 2. The summed E-state index contributed by atoms with van der Waals surface area (Å²) in [6, 6.07) is 18.2. The van der Waals surface area contributed by atoms with Crippen LogP contribution in [0.5, 0.6) is 0 Å². The van der Waals surface area contributed by atoms with Crippen LogP contribution in [0.4, 0.5) is 4.79 Å². The van der Waals surface area contributed by atoms with E-state index >= 15 is 0 Å². The van der Waals surface area contributed by atoms with Crippen molar-refractivity contribution in [3.63, 3.8) is 0 Å². The van der Waals surface area contributed by atoms with Crippen molar-refractivity contribution < 1.29 is 29.0 Å². The summed E-state index contributed by atoms with van der Waals surface area (Å²) < 4.78 is 11.5. The average Bonchev–Trinajstić information content (AvgIpc) is 3.38. The fraction of sp³-hybridized carbons (Fsp3) is 0.424. The lowest BCUT2D eigenvalue weighted by atomic mass is 9.88. The number of ether oxygens (including phenoxy) is 2. The van der Waals surface area contributed by atoms with Crippen molar-refractivity contribution in [3.05, 3.63) is 95.8 Å². The van der Waals surface area contributed by atoms with Gasteiger partial charge < -0.3 is 14.6 Å². The van der Waals surface area contributed by atoms with Gasteiger partial charge in [0.15, 0.2) is 11.9 Å². The Morgan fingerprint density at radius 3 is 2.25 bits per heavy atom. The molecule has 0 bridgehead atoms. The van der Waals surface area contributed by atoms with Gasteiger partial charge in [-0.25, -0.2) is 9.69 Å². The number of aliphatic hydroxyl groups excluding tert-OH is 1. The van der Waals surface area contributed by atoms with E-state index in [0.717, 1.165) is 67.4 Å². The highest BCUT2D eigenvalue weighted by molar-refractivity contribution is 6.02. The lowest BCUT2D eigenvalue weighted by Gasteiger charge is -2.31. The van der Waals surface area contributed by atoms with E-state index in [1.807, 2.05) is 66.7 Å². The van der Waals surface area contributed by atoms with Crippen molar-refractivity contribution in [1.29, 1.82) is 0 Å². The van der Waals surface area contributed by atoms with Crippen LogP contribution in [0, 0.1) is 5.92 Å². The van der Waals surface area contributed by atoms with E-state index in [1.165, 1.54) is 6.08 Å². The summed E-state index contributed by atoms with van der Waals surface area (Å²) in [7, 11) is 0. The van der Waals surface area contributed by atoms with Crippen molar-refractivity contribution in [2.75, 3.05) is 13.2 Å². The van der Waals surface area contributed by atoms with E-state index in [4.69, 9.17) is 14.6 Å². The number of hydrogen-bond acceptors (Lipinski definition) is 6. The van der Waals surface area contributed by atoms with Crippen LogP contribution in [0.15, 0.2) is 84.7 Å². The van der Waals surface area contributed by atoms with E-state index in [2.05, 4.69) is 0 Å². The molecule has 3 atom stereocenters. The van der Waals surface area contributed by atoms with Gasteiger partial charge in [-0.2, -0.15) is 0 Å². The Labute approximate surface area is 236 Å². The van der Waals surface area contributed by atoms with Crippen molar-refractivity contribution in [1.82, 2.24) is 4.90 Å². The second-order valence-electron chi connectivity index (χ2n) is 10.4. The molecule has 212 valence electrons. The van der Waals surface area contributed by atoms with E-state index < -0.39 is 30.1 Å². The number of nitrogens with zero attached hydrogens (tertiary/aromatic N) is 1. The zero-order valence-electron chi connectivity index (χ0n) is 23.0. The first-order chi connectivity index (χ1) is 19.6. The summed E-state index contributed by atoms with van der Waals surface area (Å²) in [5.41, 5.74) is 1.67. The molecule has 0 saturated carbocycles. The van der Waals surface area contributed by atoms with Crippen molar-refractivity contribution in [2.45, 2.75) is 69.9 Å². The molecule has 7 heteroatoms. The number of unbranched alkanes of at least 4 members (excludes halogenated alkanes) is 7. The number of hydrogen-bond donors (Lipinski definition) is 1. The molecule has 2 aliphatic rings. The maximum atomic E-state index is 14.1. The van der Waals surface area contributed by atoms with Crippen LogP contribution in [-0.4, -0.2) is 47.1 Å². The molecule has 1 N–H and O–H groups in total. The van der Waals surface area contributed by atoms with Crippen LogP contribution in [0.25, 0.3) is 0 Å². The van der Waals surface area contributed by atoms with Gasteiger partial charge in [-0.15, -0.1) is 0 Å². The Morgan fingerprint density at radius 2 is 1.55 bits per heavy atom. The molecule has 2 amide bonds. The van der Waals surface area contributed by atoms with Gasteiger partial charge in [-0.05, 0) is 55.0 Å². The third-order valence-electron chi connectivity index (χ3n) is 7.44. The average molecular weight is 546 g/mol. The molecule has 2 heterocycles. The van der Waals surface area contributed by atoms with Gasteiger partial charge in [-0.1, -0.05) is 92.8 Å². The summed E-state index contributed by atoms with van der Waals surface area (Å²) >= 11 is 0. The van der Waals surface area contributed by atoms with E-state index in [-0.39, 0.29) is 25.4 Å². The highest BCUT2D eigenvalue weighted by Gasteiger charge is 2.46. The van der Waals surface area contributed by atoms with Gasteiger partial charge in [0, 0.05) is 6.61 Å². The zero-order chi connectivity index (χ0) is 28.2. The molecule has 0 radical (unpaired) electrons. The SMILES string of the molecule is O=C1C=CC(=CCCCCCCCCCO)O[C@@H]1[C@@H](Cc1ccccc1)C(=O)N1C(=O)OC[C@H]1c1ccccc1. The van der Waals surface area contributed by atoms with E-state index in [1.54, 1.807) is 6.08 Å². The smallest absolute Gasteiger partial charge is 0.417 e. The number of amides is 2. The molecular formula is C33H39NO6. The maximum absolute atomic E-state index is 14.1. The predicted molar refractivity (Wildman–Crippen MR) is 152 cm³/mol. The summed E-state index contributed by atoms with van der Waals surface area (Å²) in [6.45, 7) is 0.330. The number of carbonyl (C=O) groups excluding carboxylic acids is 3. The minimum Gasteiger partial charge on any atom is -0.482 e. The minimum atomic E-state index is -1.04. The molecule has 0 unspecified atom stereocenters. The standard InChI is InChI=1S/C33H39NO6/c35-22-14-6-4-2-1-3-5-13-19-27-20-21-30(36)31(40-27)28(23-25-15-9-7-10-16-25)32(37)34-29(24-39-33(34)38)26-17-11-8-12-18-26/h7-12,15-21,28-29,31,35H,1-6,13-14,22-24H2/t28-,29+,31-/m1/s1. The number of cyclic esters (lactones) is 1. The van der Waals surface area contributed by atoms with Crippen molar-refractivity contribution in [3.8, 4) is 0 Å². The second-order valence-corrected chi connectivity index (χ2v) is 10.4. The lowest BCUT2D eigenvalue weighted by molar-refractivity contribution is -0.143. The van der Waals surface area contributed by atoms with Crippen LogP contribution in [0.2, 0.25) is 0 Å². The predicted octanol–water partition coefficient (Wildman–Crippen LogP) is 6.09. The van der Waals surface area contributed by atoms with Gasteiger partial charge >= 0.3 is 6.09 Å². The summed E-state index contributed by atoms with van der Waals surface area (Å²) in [6.07, 6.45) is 11.9. The molecule has 40 heavy (non-hydrogen) atoms. The number of allylic oxidation sites excluding steroid dienone is 2. The number of carbonyl (C=O) groups is 3. The molecule has 2 aliphatic heterocycles. The van der Waals surface area contributed by atoms with Crippen molar-refractivity contribution in [2.24, 2.45) is 5.92 Å². The monoisotopic (exact) mass is 545 g/mol. The van der Waals surface area contributed by atoms with Gasteiger partial charge in [-0.3, -0.25) is 9.59 Å². The second kappa shape index (κ2) is 15.2. The van der Waals surface area contributed by atoms with Crippen LogP contribution in [0.1, 0.15) is 68.5 Å². The summed E-state index contributed by atoms with van der Waals surface area (Å²) in [5, 5.41) is 8.88. The topological polar surface area (TPSA) is 93.1 Å². The number of aliphatic hydroxyl groups is 1. The molecule has 7 nitrogen and oxygen atoms in total. The Balaban J connectivity index is 1.47. The van der Waals surface area contributed by atoms with Crippen LogP contribution < -0.4 is 0 Å². The fourth-order valence-electron chi connectivity index (χ4n) is 5.24. The Kier molecular flexibility index (Phi) is 11.1. The first-order valence-electron chi connectivity index (χ1n) is 14.4. The molecular weight excluding hydrogens is 506 g/mol. The molecule has 1 fully saturated rings. The Bertz CT molecular complexity index is 1180. The molecule has 1 saturated heterocycles. The number of ketones is 1. The maximum Gasteiger partial charge on any atom is 0.417 e.